The quantitative estimate of drug-likeness (QED) is 0.540. The van der Waals surface area contributed by atoms with Gasteiger partial charge >= 0.3 is 0 Å². The van der Waals surface area contributed by atoms with Crippen molar-refractivity contribution in [3.63, 3.8) is 0 Å². The molecule has 0 unspecified atom stereocenters. The second-order valence-electron chi connectivity index (χ2n) is 2.59. The van der Waals surface area contributed by atoms with Crippen LogP contribution in [-0.2, 0) is 0 Å². The molecular formula is C8H4N4. The molecule has 2 aliphatic heterocycles. The number of rotatable bonds is 0. The Labute approximate surface area is 67.7 Å². The van der Waals surface area contributed by atoms with E-state index in [1.54, 1.807) is 18.6 Å². The summed E-state index contributed by atoms with van der Waals surface area (Å²) in [4.78, 5) is 8.33. The molecule has 0 aliphatic carbocycles. The molecule has 4 heteroatoms. The lowest BCUT2D eigenvalue weighted by atomic mass is 10.2. The molecule has 0 atom stereocenters. The first-order valence-corrected chi connectivity index (χ1v) is 3.59. The monoisotopic (exact) mass is 156 g/mol. The zero-order chi connectivity index (χ0) is 7.97. The normalized spacial score (nSPS) is 15.3. The van der Waals surface area contributed by atoms with E-state index in [1.807, 2.05) is 6.08 Å². The van der Waals surface area contributed by atoms with Gasteiger partial charge in [-0.15, -0.1) is 5.11 Å². The van der Waals surface area contributed by atoms with E-state index >= 15 is 0 Å². The van der Waals surface area contributed by atoms with Gasteiger partial charge in [0, 0.05) is 18.0 Å². The van der Waals surface area contributed by atoms with E-state index < -0.39 is 0 Å². The van der Waals surface area contributed by atoms with Crippen molar-refractivity contribution in [2.24, 2.45) is 15.2 Å². The Morgan fingerprint density at radius 3 is 3.25 bits per heavy atom. The average Bonchev–Trinajstić information content (AvgIpc) is 2.71. The van der Waals surface area contributed by atoms with Crippen LogP contribution in [0, 0.1) is 0 Å². The molecule has 3 rings (SSSR count). The Kier molecular flexibility index (Phi) is 0.889. The van der Waals surface area contributed by atoms with Crippen molar-refractivity contribution >= 4 is 18.1 Å². The predicted octanol–water partition coefficient (Wildman–Crippen LogP) is 0.521. The van der Waals surface area contributed by atoms with Crippen molar-refractivity contribution in [1.29, 1.82) is 0 Å². The van der Waals surface area contributed by atoms with Gasteiger partial charge < -0.3 is 0 Å². The lowest BCUT2D eigenvalue weighted by Crippen LogP contribution is -2.25. The van der Waals surface area contributed by atoms with Crippen LogP contribution in [-0.4, -0.2) is 4.98 Å². The van der Waals surface area contributed by atoms with Gasteiger partial charge in [0.25, 0.3) is 0 Å². The lowest BCUT2D eigenvalue weighted by Gasteiger charge is -1.90. The number of hydrogen-bond donors (Lipinski definition) is 0. The van der Waals surface area contributed by atoms with E-state index in [0.717, 1.165) is 16.1 Å². The molecule has 1 aromatic heterocycles. The molecule has 0 amide bonds. The maximum absolute atomic E-state index is 4.20. The fourth-order valence-electron chi connectivity index (χ4n) is 1.32. The highest BCUT2D eigenvalue weighted by molar-refractivity contribution is 5.55. The van der Waals surface area contributed by atoms with E-state index in [2.05, 4.69) is 20.2 Å². The molecule has 0 N–H and O–H groups in total. The summed E-state index contributed by atoms with van der Waals surface area (Å²) in [6, 6.07) is 0. The minimum atomic E-state index is 0.668. The molecular weight excluding hydrogens is 152 g/mol. The number of azo groups is 1. The predicted molar refractivity (Wildman–Crippen MR) is 43.0 cm³/mol. The van der Waals surface area contributed by atoms with E-state index in [9.17, 15) is 0 Å². The Balaban J connectivity index is 2.58. The maximum atomic E-state index is 4.20. The van der Waals surface area contributed by atoms with Gasteiger partial charge in [-0.1, -0.05) is 0 Å². The molecule has 0 radical (unpaired) electrons. The Hall–Kier alpha value is -1.84. The minimum Gasteiger partial charge on any atom is -0.255 e. The summed E-state index contributed by atoms with van der Waals surface area (Å²) in [6.07, 6.45) is 7.14. The second-order valence-corrected chi connectivity index (χ2v) is 2.59. The maximum Gasteiger partial charge on any atom is 0.185 e. The first-order chi connectivity index (χ1) is 5.95. The van der Waals surface area contributed by atoms with Crippen molar-refractivity contribution < 1.29 is 0 Å². The molecule has 2 aliphatic rings. The molecule has 1 aromatic rings. The van der Waals surface area contributed by atoms with Crippen LogP contribution in [0.25, 0.3) is 12.3 Å². The number of aromatic nitrogens is 1. The fraction of sp³-hybridized carbons (Fsp3) is 0. The van der Waals surface area contributed by atoms with Gasteiger partial charge in [0.1, 0.15) is 0 Å². The van der Waals surface area contributed by atoms with Crippen molar-refractivity contribution in [2.75, 3.05) is 0 Å². The molecule has 0 saturated heterocycles. The molecule has 12 heavy (non-hydrogen) atoms. The number of nitrogens with zero attached hydrogens (tertiary/aromatic N) is 4. The third-order valence-corrected chi connectivity index (χ3v) is 1.89. The zero-order valence-electron chi connectivity index (χ0n) is 6.10. The van der Waals surface area contributed by atoms with Gasteiger partial charge in [0.15, 0.2) is 5.82 Å². The van der Waals surface area contributed by atoms with Gasteiger partial charge in [0.2, 0.25) is 0 Å². The number of fused-ring (bicyclic) bond motifs is 3. The summed E-state index contributed by atoms with van der Waals surface area (Å²) in [5.74, 6) is 0.668. The van der Waals surface area contributed by atoms with E-state index in [-0.39, 0.29) is 0 Å². The van der Waals surface area contributed by atoms with Crippen LogP contribution >= 0.6 is 0 Å². The standard InChI is InChI=1S/C8H4N4/c1-2-9-7-5(1)3-10-8-6(7)4-11-12-8/h1-4H. The molecule has 0 saturated carbocycles. The Bertz CT molecular complexity index is 476. The Morgan fingerprint density at radius 1 is 1.25 bits per heavy atom. The van der Waals surface area contributed by atoms with Gasteiger partial charge in [-0.05, 0) is 6.08 Å². The molecule has 0 spiro atoms. The third kappa shape index (κ3) is 0.567. The van der Waals surface area contributed by atoms with Gasteiger partial charge in [-0.3, -0.25) is 4.99 Å². The molecule has 0 bridgehead atoms. The van der Waals surface area contributed by atoms with Gasteiger partial charge in [-0.2, -0.15) is 5.11 Å². The van der Waals surface area contributed by atoms with Crippen LogP contribution in [0.15, 0.2) is 27.6 Å². The third-order valence-electron chi connectivity index (χ3n) is 1.89. The van der Waals surface area contributed by atoms with Gasteiger partial charge in [-0.25, -0.2) is 4.98 Å². The van der Waals surface area contributed by atoms with Crippen molar-refractivity contribution in [1.82, 2.24) is 4.98 Å². The fourth-order valence-corrected chi connectivity index (χ4v) is 1.32. The van der Waals surface area contributed by atoms with E-state index in [1.165, 1.54) is 0 Å². The van der Waals surface area contributed by atoms with Crippen LogP contribution in [0.3, 0.4) is 0 Å². The van der Waals surface area contributed by atoms with Crippen LogP contribution in [0.5, 0.6) is 0 Å². The SMILES string of the molecule is C1=Cc2cnc3c(c2=N1)=CN=N3. The summed E-state index contributed by atoms with van der Waals surface area (Å²) in [7, 11) is 0. The summed E-state index contributed by atoms with van der Waals surface area (Å²) >= 11 is 0. The van der Waals surface area contributed by atoms with Crippen LogP contribution < -0.4 is 10.6 Å². The summed E-state index contributed by atoms with van der Waals surface area (Å²) in [5, 5.41) is 9.49. The first-order valence-electron chi connectivity index (χ1n) is 3.59. The Morgan fingerprint density at radius 2 is 2.25 bits per heavy atom. The number of hydrogen-bond acceptors (Lipinski definition) is 4. The highest BCUT2D eigenvalue weighted by Gasteiger charge is 2.07. The highest BCUT2D eigenvalue weighted by Crippen LogP contribution is 2.07. The minimum absolute atomic E-state index is 0.668. The summed E-state index contributed by atoms with van der Waals surface area (Å²) < 4.78 is 0. The average molecular weight is 156 g/mol. The number of pyridine rings is 1. The largest absolute Gasteiger partial charge is 0.255 e. The molecule has 56 valence electrons. The topological polar surface area (TPSA) is 50.0 Å². The molecule has 3 heterocycles. The van der Waals surface area contributed by atoms with Crippen LogP contribution in [0.2, 0.25) is 0 Å². The van der Waals surface area contributed by atoms with Crippen molar-refractivity contribution in [3.8, 4) is 0 Å². The van der Waals surface area contributed by atoms with Gasteiger partial charge in [0.05, 0.1) is 16.8 Å². The molecule has 4 nitrogen and oxygen atoms in total. The lowest BCUT2D eigenvalue weighted by molar-refractivity contribution is 1.17. The van der Waals surface area contributed by atoms with Crippen molar-refractivity contribution in [3.05, 3.63) is 28.5 Å². The van der Waals surface area contributed by atoms with Crippen LogP contribution in [0.1, 0.15) is 5.56 Å². The summed E-state index contributed by atoms with van der Waals surface area (Å²) in [5.41, 5.74) is 1.04. The molecule has 0 fully saturated rings. The van der Waals surface area contributed by atoms with Crippen molar-refractivity contribution in [2.45, 2.75) is 0 Å². The second kappa shape index (κ2) is 1.85. The van der Waals surface area contributed by atoms with E-state index in [4.69, 9.17) is 0 Å². The van der Waals surface area contributed by atoms with E-state index in [0.29, 0.717) is 5.82 Å². The highest BCUT2D eigenvalue weighted by atomic mass is 15.2. The summed E-state index contributed by atoms with van der Waals surface area (Å²) in [6.45, 7) is 0. The smallest absolute Gasteiger partial charge is 0.185 e. The first kappa shape index (κ1) is 5.77. The molecule has 0 aromatic carbocycles. The zero-order valence-corrected chi connectivity index (χ0v) is 6.10. The van der Waals surface area contributed by atoms with Crippen LogP contribution in [0.4, 0.5) is 5.82 Å².